The third-order valence-electron chi connectivity index (χ3n) is 4.58. The molecule has 1 heterocycles. The molecule has 6 nitrogen and oxygen atoms in total. The van der Waals surface area contributed by atoms with E-state index in [2.05, 4.69) is 40.7 Å². The Balaban J connectivity index is 1.66. The highest BCUT2D eigenvalue weighted by Crippen LogP contribution is 2.34. The minimum atomic E-state index is -0.309. The number of amides is 1. The van der Waals surface area contributed by atoms with E-state index in [4.69, 9.17) is 4.74 Å². The Hall–Kier alpha value is -2.58. The number of hydrogen-bond acceptors (Lipinski definition) is 7. The molecule has 0 fully saturated rings. The fourth-order valence-corrected chi connectivity index (χ4v) is 4.85. The van der Waals surface area contributed by atoms with Crippen molar-refractivity contribution >= 4 is 45.5 Å². The zero-order chi connectivity index (χ0) is 21.7. The first kappa shape index (κ1) is 22.1. The number of rotatable bonds is 8. The van der Waals surface area contributed by atoms with Gasteiger partial charge in [0.05, 0.1) is 18.0 Å². The van der Waals surface area contributed by atoms with Crippen LogP contribution in [0.5, 0.6) is 5.75 Å². The Morgan fingerprint density at radius 3 is 2.60 bits per heavy atom. The van der Waals surface area contributed by atoms with Gasteiger partial charge in [-0.2, -0.15) is 0 Å². The molecule has 0 aliphatic rings. The molecule has 1 amide bonds. The summed E-state index contributed by atoms with van der Waals surface area (Å²) in [6.45, 7) is 8.14. The summed E-state index contributed by atoms with van der Waals surface area (Å²) in [4.78, 5) is 12.8. The second kappa shape index (κ2) is 9.95. The van der Waals surface area contributed by atoms with Gasteiger partial charge >= 0.3 is 0 Å². The van der Waals surface area contributed by atoms with Gasteiger partial charge in [0.25, 0.3) is 0 Å². The number of ether oxygens (including phenoxy) is 1. The lowest BCUT2D eigenvalue weighted by atomic mass is 9.98. The van der Waals surface area contributed by atoms with Crippen molar-refractivity contribution in [3.8, 4) is 5.75 Å². The smallest absolute Gasteiger partial charge is 0.237 e. The molecule has 1 unspecified atom stereocenters. The molecule has 0 radical (unpaired) electrons. The number of benzene rings is 2. The van der Waals surface area contributed by atoms with Crippen LogP contribution in [-0.2, 0) is 4.79 Å². The highest BCUT2D eigenvalue weighted by atomic mass is 32.2. The molecule has 0 spiro atoms. The maximum Gasteiger partial charge on any atom is 0.237 e. The number of carbonyl (C=O) groups is 1. The second-order valence-electron chi connectivity index (χ2n) is 7.14. The van der Waals surface area contributed by atoms with Crippen LogP contribution in [0.4, 0.5) is 16.5 Å². The van der Waals surface area contributed by atoms with E-state index in [-0.39, 0.29) is 11.2 Å². The first-order valence-electron chi connectivity index (χ1n) is 9.69. The van der Waals surface area contributed by atoms with Crippen molar-refractivity contribution < 1.29 is 9.53 Å². The van der Waals surface area contributed by atoms with Gasteiger partial charge in [0.2, 0.25) is 11.0 Å². The number of thioether (sulfide) groups is 1. The molecule has 30 heavy (non-hydrogen) atoms. The number of aryl methyl sites for hydroxylation is 1. The number of carbonyl (C=O) groups excluding carboxylic acids is 1. The molecular formula is C22H26N4O2S2. The van der Waals surface area contributed by atoms with Crippen LogP contribution in [0, 0.1) is 6.92 Å². The van der Waals surface area contributed by atoms with Crippen LogP contribution >= 0.6 is 23.1 Å². The van der Waals surface area contributed by atoms with Gasteiger partial charge in [-0.25, -0.2) is 0 Å². The topological polar surface area (TPSA) is 76.1 Å². The zero-order valence-corrected chi connectivity index (χ0v) is 19.4. The van der Waals surface area contributed by atoms with Crippen LogP contribution in [0.25, 0.3) is 0 Å². The van der Waals surface area contributed by atoms with E-state index >= 15 is 0 Å². The molecule has 0 bridgehead atoms. The maximum absolute atomic E-state index is 12.8. The summed E-state index contributed by atoms with van der Waals surface area (Å²) in [6, 6.07) is 13.7. The van der Waals surface area contributed by atoms with Crippen LogP contribution in [0.2, 0.25) is 0 Å². The van der Waals surface area contributed by atoms with Gasteiger partial charge in [0, 0.05) is 5.69 Å². The number of methoxy groups -OCH3 is 1. The summed E-state index contributed by atoms with van der Waals surface area (Å²) in [5.74, 6) is 1.01. The Kier molecular flexibility index (Phi) is 7.33. The van der Waals surface area contributed by atoms with Gasteiger partial charge < -0.3 is 15.4 Å². The molecule has 0 aliphatic carbocycles. The van der Waals surface area contributed by atoms with E-state index in [0.717, 1.165) is 32.6 Å². The predicted octanol–water partition coefficient (Wildman–Crippen LogP) is 5.84. The van der Waals surface area contributed by atoms with Crippen molar-refractivity contribution in [2.24, 2.45) is 0 Å². The summed E-state index contributed by atoms with van der Waals surface area (Å²) >= 11 is 2.80. The highest BCUT2D eigenvalue weighted by Gasteiger charge is 2.20. The molecule has 3 rings (SSSR count). The average molecular weight is 443 g/mol. The van der Waals surface area contributed by atoms with Crippen LogP contribution in [-0.4, -0.2) is 28.5 Å². The normalized spacial score (nSPS) is 11.9. The van der Waals surface area contributed by atoms with Crippen LogP contribution in [0.15, 0.2) is 46.8 Å². The molecule has 158 valence electrons. The Morgan fingerprint density at radius 1 is 1.10 bits per heavy atom. The van der Waals surface area contributed by atoms with E-state index in [1.165, 1.54) is 23.1 Å². The molecule has 2 N–H and O–H groups in total. The molecule has 2 aromatic carbocycles. The first-order valence-corrected chi connectivity index (χ1v) is 11.4. The first-order chi connectivity index (χ1) is 14.4. The zero-order valence-electron chi connectivity index (χ0n) is 17.7. The Labute approximate surface area is 185 Å². The number of anilines is 3. The van der Waals surface area contributed by atoms with E-state index in [1.807, 2.05) is 50.2 Å². The highest BCUT2D eigenvalue weighted by molar-refractivity contribution is 8.02. The molecular weight excluding hydrogens is 416 g/mol. The summed E-state index contributed by atoms with van der Waals surface area (Å²) in [7, 11) is 1.63. The Morgan fingerprint density at radius 2 is 1.87 bits per heavy atom. The molecule has 0 saturated heterocycles. The Bertz CT molecular complexity index is 1020. The van der Waals surface area contributed by atoms with Crippen LogP contribution < -0.4 is 15.4 Å². The predicted molar refractivity (Wildman–Crippen MR) is 125 cm³/mol. The average Bonchev–Trinajstić information content (AvgIpc) is 3.16. The van der Waals surface area contributed by atoms with Crippen LogP contribution in [0.3, 0.4) is 0 Å². The third-order valence-corrected chi connectivity index (χ3v) is 6.60. The standard InChI is InChI=1S/C22H26N4O2S2/c1-13(2)16-10-8-9-14(3)19(16)24-20(27)15(4)29-22-26-25-21(30-22)23-17-11-6-7-12-18(17)28-5/h6-13,15H,1-5H3,(H,23,25)(H,24,27). The van der Waals surface area contributed by atoms with E-state index in [0.29, 0.717) is 11.0 Å². The van der Waals surface area contributed by atoms with Gasteiger partial charge in [0.15, 0.2) is 4.34 Å². The molecule has 1 atom stereocenters. The molecule has 0 aliphatic heterocycles. The van der Waals surface area contributed by atoms with E-state index < -0.39 is 0 Å². The molecule has 0 saturated carbocycles. The SMILES string of the molecule is COc1ccccc1Nc1nnc(SC(C)C(=O)Nc2c(C)cccc2C(C)C)s1. The summed E-state index contributed by atoms with van der Waals surface area (Å²) < 4.78 is 6.07. The quantitative estimate of drug-likeness (QED) is 0.427. The summed E-state index contributed by atoms with van der Waals surface area (Å²) in [5.41, 5.74) is 3.92. The molecule has 3 aromatic rings. The minimum absolute atomic E-state index is 0.0503. The minimum Gasteiger partial charge on any atom is -0.495 e. The maximum atomic E-state index is 12.8. The molecule has 1 aromatic heterocycles. The number of hydrogen-bond donors (Lipinski definition) is 2. The van der Waals surface area contributed by atoms with Gasteiger partial charge in [0.1, 0.15) is 5.75 Å². The van der Waals surface area contributed by atoms with Crippen molar-refractivity contribution in [2.75, 3.05) is 17.7 Å². The van der Waals surface area contributed by atoms with E-state index in [1.54, 1.807) is 7.11 Å². The van der Waals surface area contributed by atoms with Gasteiger partial charge in [-0.15, -0.1) is 10.2 Å². The van der Waals surface area contributed by atoms with Crippen molar-refractivity contribution in [1.82, 2.24) is 10.2 Å². The lowest BCUT2D eigenvalue weighted by Crippen LogP contribution is -2.23. The molecule has 8 heteroatoms. The van der Waals surface area contributed by atoms with Gasteiger partial charge in [-0.05, 0) is 43.0 Å². The number of para-hydroxylation sites is 3. The summed E-state index contributed by atoms with van der Waals surface area (Å²) in [6.07, 6.45) is 0. The number of aromatic nitrogens is 2. The second-order valence-corrected chi connectivity index (χ2v) is 9.71. The van der Waals surface area contributed by atoms with Gasteiger partial charge in [-0.3, -0.25) is 4.79 Å². The van der Waals surface area contributed by atoms with Crippen molar-refractivity contribution in [1.29, 1.82) is 0 Å². The fraction of sp³-hybridized carbons (Fsp3) is 0.318. The van der Waals surface area contributed by atoms with Crippen molar-refractivity contribution in [3.63, 3.8) is 0 Å². The largest absolute Gasteiger partial charge is 0.495 e. The third kappa shape index (κ3) is 5.31. The van der Waals surface area contributed by atoms with Crippen molar-refractivity contribution in [2.45, 2.75) is 43.2 Å². The van der Waals surface area contributed by atoms with Gasteiger partial charge in [-0.1, -0.05) is 67.3 Å². The van der Waals surface area contributed by atoms with E-state index in [9.17, 15) is 4.79 Å². The summed E-state index contributed by atoms with van der Waals surface area (Å²) in [5, 5.41) is 15.1. The lowest BCUT2D eigenvalue weighted by Gasteiger charge is -2.18. The van der Waals surface area contributed by atoms with Crippen molar-refractivity contribution in [3.05, 3.63) is 53.6 Å². The van der Waals surface area contributed by atoms with Crippen LogP contribution in [0.1, 0.15) is 37.8 Å². The lowest BCUT2D eigenvalue weighted by molar-refractivity contribution is -0.115. The number of nitrogens with zero attached hydrogens (tertiary/aromatic N) is 2. The number of nitrogens with one attached hydrogen (secondary N) is 2. The fourth-order valence-electron chi connectivity index (χ4n) is 2.94. The monoisotopic (exact) mass is 442 g/mol.